The minimum absolute atomic E-state index is 0. The Balaban J connectivity index is 0.00000225. The molecule has 1 unspecified atom stereocenters. The van der Waals surface area contributed by atoms with E-state index in [1.54, 1.807) is 0 Å². The maximum atomic E-state index is 3.85. The van der Waals surface area contributed by atoms with Crippen molar-refractivity contribution >= 4 is 0 Å². The third-order valence-electron chi connectivity index (χ3n) is 2.74. The van der Waals surface area contributed by atoms with Crippen molar-refractivity contribution in [3.05, 3.63) is 48.6 Å². The van der Waals surface area contributed by atoms with E-state index < -0.39 is 0 Å². The highest BCUT2D eigenvalue weighted by molar-refractivity contribution is 5.13. The topological polar surface area (TPSA) is 0 Å². The van der Waals surface area contributed by atoms with Gasteiger partial charge in [-0.15, -0.1) is 0 Å². The van der Waals surface area contributed by atoms with Gasteiger partial charge in [0.1, 0.15) is 6.54 Å². The van der Waals surface area contributed by atoms with Gasteiger partial charge >= 0.3 is 0 Å². The highest BCUT2D eigenvalue weighted by Gasteiger charge is 2.18. The lowest BCUT2D eigenvalue weighted by Gasteiger charge is -2.33. The maximum Gasteiger partial charge on any atom is 0.104 e. The molecule has 0 aliphatic carbocycles. The van der Waals surface area contributed by atoms with Crippen LogP contribution in [0.1, 0.15) is 18.9 Å². The molecule has 0 saturated carbocycles. The Morgan fingerprint density at radius 1 is 1.25 bits per heavy atom. The van der Waals surface area contributed by atoms with Crippen LogP contribution in [0.5, 0.6) is 0 Å². The monoisotopic (exact) mass is 239 g/mol. The van der Waals surface area contributed by atoms with Crippen LogP contribution in [0.15, 0.2) is 43.0 Å². The third-order valence-corrected chi connectivity index (χ3v) is 2.74. The van der Waals surface area contributed by atoms with E-state index in [0.29, 0.717) is 0 Å². The number of rotatable bonds is 6. The average Bonchev–Trinajstić information content (AvgIpc) is 2.19. The fraction of sp³-hybridized carbons (Fsp3) is 0.429. The normalized spacial score (nSPS) is 13.6. The molecule has 1 nitrogen and oxygen atoms in total. The number of hydrogen-bond donors (Lipinski definition) is 0. The standard InChI is InChI=1S/C14H22N.ClH/c1-4-11-15(3,12-5-2)13-14-9-7-6-8-10-14;/h4,6-10H,1,5,11-13H2,2-3H3;1H/q+1;/p-1. The van der Waals surface area contributed by atoms with Gasteiger partial charge in [-0.25, -0.2) is 0 Å². The van der Waals surface area contributed by atoms with E-state index in [0.717, 1.165) is 17.6 Å². The summed E-state index contributed by atoms with van der Waals surface area (Å²) >= 11 is 0. The predicted molar refractivity (Wildman–Crippen MR) is 66.6 cm³/mol. The molecule has 0 bridgehead atoms. The number of halogens is 1. The van der Waals surface area contributed by atoms with Gasteiger partial charge in [0, 0.05) is 5.56 Å². The molecule has 0 spiro atoms. The van der Waals surface area contributed by atoms with Crippen LogP contribution in [0.4, 0.5) is 0 Å². The summed E-state index contributed by atoms with van der Waals surface area (Å²) in [6, 6.07) is 10.7. The number of benzene rings is 1. The fourth-order valence-corrected chi connectivity index (χ4v) is 2.11. The molecule has 1 aromatic rings. The second-order valence-electron chi connectivity index (χ2n) is 4.46. The second kappa shape index (κ2) is 7.48. The van der Waals surface area contributed by atoms with Crippen LogP contribution < -0.4 is 12.4 Å². The van der Waals surface area contributed by atoms with E-state index in [-0.39, 0.29) is 12.4 Å². The molecule has 1 rings (SSSR count). The number of likely N-dealkylation sites (N-methyl/N-ethyl adjacent to an activating group) is 1. The van der Waals surface area contributed by atoms with Crippen LogP contribution in [0.2, 0.25) is 0 Å². The lowest BCUT2D eigenvalue weighted by atomic mass is 10.2. The summed E-state index contributed by atoms with van der Waals surface area (Å²) in [6.45, 7) is 9.45. The Labute approximate surface area is 106 Å². The third kappa shape index (κ3) is 4.82. The zero-order chi connectivity index (χ0) is 11.1. The van der Waals surface area contributed by atoms with Gasteiger partial charge in [0.25, 0.3) is 0 Å². The molecule has 90 valence electrons. The van der Waals surface area contributed by atoms with E-state index in [1.807, 2.05) is 6.08 Å². The Morgan fingerprint density at radius 2 is 1.88 bits per heavy atom. The van der Waals surface area contributed by atoms with Crippen LogP contribution in [-0.4, -0.2) is 24.6 Å². The number of nitrogens with zero attached hydrogens (tertiary/aromatic N) is 1. The Hall–Kier alpha value is -0.790. The summed E-state index contributed by atoms with van der Waals surface area (Å²) < 4.78 is 1.06. The van der Waals surface area contributed by atoms with Crippen molar-refractivity contribution in [3.8, 4) is 0 Å². The van der Waals surface area contributed by atoms with E-state index in [4.69, 9.17) is 0 Å². The van der Waals surface area contributed by atoms with Gasteiger partial charge in [-0.3, -0.25) is 0 Å². The molecule has 0 saturated heterocycles. The molecule has 1 aromatic carbocycles. The Bertz CT molecular complexity index is 297. The van der Waals surface area contributed by atoms with Crippen molar-refractivity contribution < 1.29 is 16.9 Å². The van der Waals surface area contributed by atoms with Crippen molar-refractivity contribution in [3.63, 3.8) is 0 Å². The van der Waals surface area contributed by atoms with Gasteiger partial charge in [0.05, 0.1) is 20.1 Å². The van der Waals surface area contributed by atoms with Crippen molar-refractivity contribution in [2.75, 3.05) is 20.1 Å². The quantitative estimate of drug-likeness (QED) is 0.493. The summed E-state index contributed by atoms with van der Waals surface area (Å²) in [4.78, 5) is 0. The number of quaternary nitrogens is 1. The van der Waals surface area contributed by atoms with Gasteiger partial charge in [0.15, 0.2) is 0 Å². The summed E-state index contributed by atoms with van der Waals surface area (Å²) in [5, 5.41) is 0. The fourth-order valence-electron chi connectivity index (χ4n) is 2.11. The maximum absolute atomic E-state index is 3.85. The first-order valence-corrected chi connectivity index (χ1v) is 5.68. The SMILES string of the molecule is C=CC[N+](C)(CCC)Cc1ccccc1.[Cl-]. The first-order valence-electron chi connectivity index (χ1n) is 5.68. The Kier molecular flexibility index (Phi) is 7.11. The molecule has 0 aliphatic heterocycles. The summed E-state index contributed by atoms with van der Waals surface area (Å²) in [6.07, 6.45) is 3.25. The summed E-state index contributed by atoms with van der Waals surface area (Å²) in [5.74, 6) is 0. The van der Waals surface area contributed by atoms with Crippen molar-refractivity contribution in [2.24, 2.45) is 0 Å². The largest absolute Gasteiger partial charge is 1.00 e. The molecule has 0 N–H and O–H groups in total. The van der Waals surface area contributed by atoms with Gasteiger partial charge in [-0.1, -0.05) is 43.8 Å². The smallest absolute Gasteiger partial charge is 0.104 e. The van der Waals surface area contributed by atoms with Crippen LogP contribution >= 0.6 is 0 Å². The molecule has 1 atom stereocenters. The highest BCUT2D eigenvalue weighted by atomic mass is 35.5. The first kappa shape index (κ1) is 15.2. The van der Waals surface area contributed by atoms with Gasteiger partial charge in [-0.05, 0) is 12.5 Å². The Morgan fingerprint density at radius 3 is 2.38 bits per heavy atom. The minimum atomic E-state index is 0. The first-order chi connectivity index (χ1) is 7.20. The van der Waals surface area contributed by atoms with E-state index >= 15 is 0 Å². The van der Waals surface area contributed by atoms with Gasteiger partial charge in [0.2, 0.25) is 0 Å². The van der Waals surface area contributed by atoms with Crippen molar-refractivity contribution in [1.82, 2.24) is 0 Å². The lowest BCUT2D eigenvalue weighted by Crippen LogP contribution is -3.00. The zero-order valence-electron chi connectivity index (χ0n) is 10.3. The van der Waals surface area contributed by atoms with Gasteiger partial charge < -0.3 is 16.9 Å². The van der Waals surface area contributed by atoms with Crippen LogP contribution in [0.3, 0.4) is 0 Å². The van der Waals surface area contributed by atoms with Crippen LogP contribution in [-0.2, 0) is 6.54 Å². The van der Waals surface area contributed by atoms with Crippen molar-refractivity contribution in [2.45, 2.75) is 19.9 Å². The molecule has 0 heterocycles. The molecule has 0 fully saturated rings. The molecule has 0 amide bonds. The van der Waals surface area contributed by atoms with E-state index in [9.17, 15) is 0 Å². The molecular weight excluding hydrogens is 218 g/mol. The average molecular weight is 240 g/mol. The van der Waals surface area contributed by atoms with E-state index in [2.05, 4.69) is 50.9 Å². The minimum Gasteiger partial charge on any atom is -1.00 e. The highest BCUT2D eigenvalue weighted by Crippen LogP contribution is 2.12. The summed E-state index contributed by atoms with van der Waals surface area (Å²) in [5.41, 5.74) is 1.41. The summed E-state index contributed by atoms with van der Waals surface area (Å²) in [7, 11) is 2.30. The van der Waals surface area contributed by atoms with Crippen LogP contribution in [0.25, 0.3) is 0 Å². The van der Waals surface area contributed by atoms with E-state index in [1.165, 1.54) is 18.5 Å². The molecular formula is C14H22ClN. The van der Waals surface area contributed by atoms with Gasteiger partial charge in [-0.2, -0.15) is 0 Å². The molecule has 0 aliphatic rings. The zero-order valence-corrected chi connectivity index (χ0v) is 11.1. The molecule has 16 heavy (non-hydrogen) atoms. The molecule has 0 radical (unpaired) electrons. The molecule has 0 aromatic heterocycles. The number of hydrogen-bond acceptors (Lipinski definition) is 0. The predicted octanol–water partition coefficient (Wildman–Crippen LogP) is 0.233. The lowest BCUT2D eigenvalue weighted by molar-refractivity contribution is -0.917. The second-order valence-corrected chi connectivity index (χ2v) is 4.46. The molecule has 2 heteroatoms. The van der Waals surface area contributed by atoms with Crippen LogP contribution in [0, 0.1) is 0 Å². The van der Waals surface area contributed by atoms with Crippen molar-refractivity contribution in [1.29, 1.82) is 0 Å².